The van der Waals surface area contributed by atoms with Crippen molar-refractivity contribution in [2.24, 2.45) is 0 Å². The van der Waals surface area contributed by atoms with Crippen molar-refractivity contribution in [2.75, 3.05) is 14.1 Å². The second-order valence-electron chi connectivity index (χ2n) is 6.01. The van der Waals surface area contributed by atoms with E-state index in [0.29, 0.717) is 12.0 Å². The van der Waals surface area contributed by atoms with E-state index in [2.05, 4.69) is 20.8 Å². The van der Waals surface area contributed by atoms with Gasteiger partial charge in [-0.05, 0) is 44.6 Å². The number of benzene rings is 1. The zero-order valence-electron chi connectivity index (χ0n) is 12.2. The molecule has 0 amide bonds. The molecule has 1 saturated carbocycles. The first kappa shape index (κ1) is 15.9. The molecule has 1 unspecified atom stereocenters. The minimum Gasteiger partial charge on any atom is -0.391 e. The highest BCUT2D eigenvalue weighted by Gasteiger charge is 2.41. The Morgan fingerprint density at radius 1 is 1.30 bits per heavy atom. The lowest BCUT2D eigenvalue weighted by atomic mass is 9.75. The molecule has 1 aromatic carbocycles. The van der Waals surface area contributed by atoms with E-state index in [1.807, 2.05) is 20.2 Å². The summed E-state index contributed by atoms with van der Waals surface area (Å²) in [7, 11) is 4.04. The van der Waals surface area contributed by atoms with Gasteiger partial charge >= 0.3 is 0 Å². The van der Waals surface area contributed by atoms with Crippen LogP contribution in [0.4, 0.5) is 4.39 Å². The maximum absolute atomic E-state index is 13.9. The van der Waals surface area contributed by atoms with Crippen LogP contribution >= 0.6 is 15.9 Å². The molecule has 1 aromatic rings. The molecular formula is C16H23BrFNO. The van der Waals surface area contributed by atoms with E-state index in [9.17, 15) is 9.50 Å². The topological polar surface area (TPSA) is 23.5 Å². The summed E-state index contributed by atoms with van der Waals surface area (Å²) in [6, 6.07) is 5.05. The summed E-state index contributed by atoms with van der Waals surface area (Å²) in [5, 5.41) is 10.7. The lowest BCUT2D eigenvalue weighted by Gasteiger charge is -2.46. The van der Waals surface area contributed by atoms with Gasteiger partial charge in [-0.3, -0.25) is 0 Å². The Labute approximate surface area is 129 Å². The second-order valence-corrected chi connectivity index (χ2v) is 6.93. The van der Waals surface area contributed by atoms with Gasteiger partial charge in [0.25, 0.3) is 0 Å². The van der Waals surface area contributed by atoms with Crippen LogP contribution in [0.2, 0.25) is 0 Å². The third-order valence-electron chi connectivity index (χ3n) is 4.66. The predicted octanol–water partition coefficient (Wildman–Crippen LogP) is 3.76. The first-order chi connectivity index (χ1) is 9.45. The molecular weight excluding hydrogens is 321 g/mol. The minimum absolute atomic E-state index is 0.211. The number of rotatable bonds is 4. The predicted molar refractivity (Wildman–Crippen MR) is 83.3 cm³/mol. The van der Waals surface area contributed by atoms with Crippen LogP contribution in [0.3, 0.4) is 0 Å². The van der Waals surface area contributed by atoms with Crippen molar-refractivity contribution in [3.63, 3.8) is 0 Å². The number of hydrogen-bond acceptors (Lipinski definition) is 2. The van der Waals surface area contributed by atoms with E-state index in [0.717, 1.165) is 30.2 Å². The van der Waals surface area contributed by atoms with Gasteiger partial charge in [0.15, 0.2) is 0 Å². The maximum atomic E-state index is 13.9. The van der Waals surface area contributed by atoms with Crippen LogP contribution < -0.4 is 0 Å². The molecule has 0 heterocycles. The Morgan fingerprint density at radius 3 is 2.50 bits per heavy atom. The Hall–Kier alpha value is -0.450. The molecule has 0 aromatic heterocycles. The first-order valence-electron chi connectivity index (χ1n) is 7.25. The zero-order chi connectivity index (χ0) is 14.8. The molecule has 20 heavy (non-hydrogen) atoms. The highest BCUT2D eigenvalue weighted by molar-refractivity contribution is 9.10. The second kappa shape index (κ2) is 6.54. The van der Waals surface area contributed by atoms with E-state index < -0.39 is 6.10 Å². The van der Waals surface area contributed by atoms with Crippen molar-refractivity contribution >= 4 is 15.9 Å². The summed E-state index contributed by atoms with van der Waals surface area (Å²) in [5.41, 5.74) is 0.380. The van der Waals surface area contributed by atoms with Crippen LogP contribution in [0.15, 0.2) is 22.7 Å². The van der Waals surface area contributed by atoms with Gasteiger partial charge in [0.1, 0.15) is 5.82 Å². The Morgan fingerprint density at radius 2 is 1.95 bits per heavy atom. The molecule has 2 rings (SSSR count). The third-order valence-corrected chi connectivity index (χ3v) is 5.15. The van der Waals surface area contributed by atoms with Crippen LogP contribution in [0.25, 0.3) is 0 Å². The van der Waals surface area contributed by atoms with E-state index >= 15 is 0 Å². The van der Waals surface area contributed by atoms with Crippen LogP contribution in [-0.2, 0) is 6.42 Å². The Kier molecular flexibility index (Phi) is 5.21. The number of aliphatic hydroxyl groups is 1. The van der Waals surface area contributed by atoms with E-state index in [4.69, 9.17) is 0 Å². The minimum atomic E-state index is -0.534. The number of aliphatic hydroxyl groups excluding tert-OH is 1. The van der Waals surface area contributed by atoms with Crippen LogP contribution in [0.1, 0.15) is 37.7 Å². The quantitative estimate of drug-likeness (QED) is 0.899. The van der Waals surface area contributed by atoms with Crippen molar-refractivity contribution in [2.45, 2.75) is 50.2 Å². The maximum Gasteiger partial charge on any atom is 0.127 e. The highest BCUT2D eigenvalue weighted by Crippen LogP contribution is 2.36. The number of hydrogen-bond donors (Lipinski definition) is 1. The lowest BCUT2D eigenvalue weighted by molar-refractivity contribution is -0.0313. The Balaban J connectivity index is 2.18. The Bertz CT molecular complexity index is 458. The molecule has 1 aliphatic rings. The summed E-state index contributed by atoms with van der Waals surface area (Å²) in [6.45, 7) is 0. The van der Waals surface area contributed by atoms with Gasteiger partial charge in [-0.15, -0.1) is 0 Å². The van der Waals surface area contributed by atoms with Crippen molar-refractivity contribution in [3.8, 4) is 0 Å². The molecule has 0 saturated heterocycles. The molecule has 1 atom stereocenters. The highest BCUT2D eigenvalue weighted by atomic mass is 79.9. The van der Waals surface area contributed by atoms with Gasteiger partial charge in [0.2, 0.25) is 0 Å². The smallest absolute Gasteiger partial charge is 0.127 e. The standard InChI is InChI=1S/C16H23BrFNO/c1-19(2)16(8-4-3-5-9-16)15(20)10-12-6-7-13(17)11-14(12)18/h6-7,11,15,20H,3-5,8-10H2,1-2H3. The number of nitrogens with zero attached hydrogens (tertiary/aromatic N) is 1. The molecule has 1 aliphatic carbocycles. The van der Waals surface area contributed by atoms with E-state index in [1.165, 1.54) is 12.5 Å². The van der Waals surface area contributed by atoms with E-state index in [1.54, 1.807) is 6.07 Å². The molecule has 112 valence electrons. The summed E-state index contributed by atoms with van der Waals surface area (Å²) in [4.78, 5) is 2.13. The van der Waals surface area contributed by atoms with Crippen molar-refractivity contribution in [3.05, 3.63) is 34.1 Å². The van der Waals surface area contributed by atoms with Gasteiger partial charge in [-0.25, -0.2) is 4.39 Å². The van der Waals surface area contributed by atoms with Crippen LogP contribution in [-0.4, -0.2) is 35.7 Å². The molecule has 2 nitrogen and oxygen atoms in total. The molecule has 0 aliphatic heterocycles. The lowest BCUT2D eigenvalue weighted by Crippen LogP contribution is -2.55. The zero-order valence-corrected chi connectivity index (χ0v) is 13.8. The van der Waals surface area contributed by atoms with Crippen LogP contribution in [0, 0.1) is 5.82 Å². The fourth-order valence-electron chi connectivity index (χ4n) is 3.33. The number of likely N-dealkylation sites (N-methyl/N-ethyl adjacent to an activating group) is 1. The molecule has 1 fully saturated rings. The van der Waals surface area contributed by atoms with Gasteiger partial charge in [-0.2, -0.15) is 0 Å². The third kappa shape index (κ3) is 3.23. The molecule has 1 N–H and O–H groups in total. The summed E-state index contributed by atoms with van der Waals surface area (Å²) >= 11 is 3.26. The summed E-state index contributed by atoms with van der Waals surface area (Å²) < 4.78 is 14.7. The average molecular weight is 344 g/mol. The van der Waals surface area contributed by atoms with E-state index in [-0.39, 0.29) is 11.4 Å². The van der Waals surface area contributed by atoms with Gasteiger partial charge in [0, 0.05) is 16.4 Å². The first-order valence-corrected chi connectivity index (χ1v) is 8.04. The van der Waals surface area contributed by atoms with Gasteiger partial charge < -0.3 is 10.0 Å². The molecule has 4 heteroatoms. The summed E-state index contributed by atoms with van der Waals surface area (Å²) in [6.07, 6.45) is 5.31. The van der Waals surface area contributed by atoms with Crippen LogP contribution in [0.5, 0.6) is 0 Å². The largest absolute Gasteiger partial charge is 0.391 e. The average Bonchev–Trinajstić information content (AvgIpc) is 2.42. The van der Waals surface area contributed by atoms with Gasteiger partial charge in [-0.1, -0.05) is 41.3 Å². The molecule has 0 radical (unpaired) electrons. The van der Waals surface area contributed by atoms with Gasteiger partial charge in [0.05, 0.1) is 6.10 Å². The van der Waals surface area contributed by atoms with Crippen molar-refractivity contribution < 1.29 is 9.50 Å². The van der Waals surface area contributed by atoms with Crippen molar-refractivity contribution in [1.29, 1.82) is 0 Å². The SMILES string of the molecule is CN(C)C1(C(O)Cc2ccc(Br)cc2F)CCCCC1. The monoisotopic (exact) mass is 343 g/mol. The number of halogens is 2. The molecule has 0 bridgehead atoms. The fraction of sp³-hybridized carbons (Fsp3) is 0.625. The molecule has 0 spiro atoms. The van der Waals surface area contributed by atoms with Crippen molar-refractivity contribution in [1.82, 2.24) is 4.90 Å². The fourth-order valence-corrected chi connectivity index (χ4v) is 3.66. The normalized spacial score (nSPS) is 20.1. The summed E-state index contributed by atoms with van der Waals surface area (Å²) in [5.74, 6) is -0.247.